The third-order valence-electron chi connectivity index (χ3n) is 2.90. The molecular weight excluding hydrogens is 306 g/mol. The van der Waals surface area contributed by atoms with Crippen LogP contribution in [0.15, 0.2) is 50.7 Å². The molecule has 22 heavy (non-hydrogen) atoms. The van der Waals surface area contributed by atoms with Gasteiger partial charge >= 0.3 is 5.24 Å². The van der Waals surface area contributed by atoms with Gasteiger partial charge in [-0.2, -0.15) is 4.99 Å². The van der Waals surface area contributed by atoms with E-state index >= 15 is 0 Å². The molecule has 0 unspecified atom stereocenters. The molecule has 0 bridgehead atoms. The SMILES string of the molecule is NC1=NC(=O)S/C1=C\c1ccc(-c2cccc([N+](=O)[O-])c2)o1. The number of carbonyl (C=O) groups excluding carboxylic acids is 1. The predicted octanol–water partition coefficient (Wildman–Crippen LogP) is 3.42. The van der Waals surface area contributed by atoms with Crippen LogP contribution >= 0.6 is 11.8 Å². The van der Waals surface area contributed by atoms with Gasteiger partial charge in [-0.3, -0.25) is 14.9 Å². The van der Waals surface area contributed by atoms with E-state index in [1.54, 1.807) is 30.3 Å². The van der Waals surface area contributed by atoms with Gasteiger partial charge in [0.1, 0.15) is 17.4 Å². The Morgan fingerprint density at radius 2 is 2.14 bits per heavy atom. The van der Waals surface area contributed by atoms with Gasteiger partial charge in [0.05, 0.1) is 9.83 Å². The van der Waals surface area contributed by atoms with E-state index < -0.39 is 4.92 Å². The zero-order valence-electron chi connectivity index (χ0n) is 11.1. The van der Waals surface area contributed by atoms with Crippen LogP contribution in [0.4, 0.5) is 10.5 Å². The number of non-ortho nitro benzene ring substituents is 1. The molecule has 110 valence electrons. The number of amidine groups is 1. The Balaban J connectivity index is 1.90. The summed E-state index contributed by atoms with van der Waals surface area (Å²) in [5.74, 6) is 1.13. The van der Waals surface area contributed by atoms with Crippen LogP contribution in [0, 0.1) is 10.1 Å². The number of carbonyl (C=O) groups is 1. The lowest BCUT2D eigenvalue weighted by molar-refractivity contribution is -0.384. The number of thioether (sulfide) groups is 1. The highest BCUT2D eigenvalue weighted by Crippen LogP contribution is 2.30. The molecule has 1 aliphatic rings. The molecule has 2 aromatic rings. The highest BCUT2D eigenvalue weighted by molar-refractivity contribution is 8.18. The van der Waals surface area contributed by atoms with E-state index in [4.69, 9.17) is 10.2 Å². The second-order valence-corrected chi connectivity index (χ2v) is 5.38. The summed E-state index contributed by atoms with van der Waals surface area (Å²) in [6, 6.07) is 9.53. The minimum Gasteiger partial charge on any atom is -0.457 e. The van der Waals surface area contributed by atoms with Gasteiger partial charge in [-0.15, -0.1) is 0 Å². The van der Waals surface area contributed by atoms with Crippen LogP contribution < -0.4 is 5.73 Å². The highest BCUT2D eigenvalue weighted by Gasteiger charge is 2.19. The Bertz CT molecular complexity index is 838. The molecule has 8 heteroatoms. The number of nitro groups is 1. The summed E-state index contributed by atoms with van der Waals surface area (Å²) in [5.41, 5.74) is 6.19. The van der Waals surface area contributed by atoms with Crippen molar-refractivity contribution in [1.29, 1.82) is 0 Å². The largest absolute Gasteiger partial charge is 0.457 e. The third-order valence-corrected chi connectivity index (χ3v) is 3.72. The number of hydrogen-bond donors (Lipinski definition) is 1. The molecule has 2 heterocycles. The summed E-state index contributed by atoms with van der Waals surface area (Å²) in [6.45, 7) is 0. The number of aliphatic imine (C=N–C) groups is 1. The molecular formula is C14H9N3O4S. The van der Waals surface area contributed by atoms with E-state index in [0.717, 1.165) is 11.8 Å². The number of nitrogens with two attached hydrogens (primary N) is 1. The van der Waals surface area contributed by atoms with Crippen molar-refractivity contribution in [2.45, 2.75) is 0 Å². The maximum atomic E-state index is 11.1. The standard InChI is InChI=1S/C14H9N3O4S/c15-13-12(22-14(18)16-13)7-10-4-5-11(21-10)8-2-1-3-9(6-8)17(19)20/h1-7H,(H2,15,16,18)/b12-7-. The van der Waals surface area contributed by atoms with Crippen molar-refractivity contribution in [3.05, 3.63) is 57.2 Å². The third kappa shape index (κ3) is 2.77. The molecule has 0 saturated carbocycles. The van der Waals surface area contributed by atoms with Gasteiger partial charge in [0.15, 0.2) is 0 Å². The molecule has 7 nitrogen and oxygen atoms in total. The van der Waals surface area contributed by atoms with Crippen LogP contribution in [-0.2, 0) is 0 Å². The second-order valence-electron chi connectivity index (χ2n) is 4.38. The van der Waals surface area contributed by atoms with Gasteiger partial charge in [-0.25, -0.2) is 0 Å². The van der Waals surface area contributed by atoms with E-state index in [0.29, 0.717) is 22.0 Å². The number of benzene rings is 1. The predicted molar refractivity (Wildman–Crippen MR) is 83.4 cm³/mol. The monoisotopic (exact) mass is 315 g/mol. The van der Waals surface area contributed by atoms with E-state index in [-0.39, 0.29) is 16.8 Å². The fourth-order valence-corrected chi connectivity index (χ4v) is 2.57. The normalized spacial score (nSPS) is 16.1. The number of amides is 1. The maximum absolute atomic E-state index is 11.1. The Morgan fingerprint density at radius 1 is 1.32 bits per heavy atom. The van der Waals surface area contributed by atoms with Crippen molar-refractivity contribution in [2.24, 2.45) is 10.7 Å². The van der Waals surface area contributed by atoms with Crippen molar-refractivity contribution in [3.63, 3.8) is 0 Å². The average Bonchev–Trinajstić information content (AvgIpc) is 3.06. The summed E-state index contributed by atoms with van der Waals surface area (Å²) >= 11 is 0.924. The summed E-state index contributed by atoms with van der Waals surface area (Å²) < 4.78 is 5.62. The quantitative estimate of drug-likeness (QED) is 0.686. The lowest BCUT2D eigenvalue weighted by Gasteiger charge is -1.97. The number of hydrogen-bond acceptors (Lipinski definition) is 6. The first-order chi connectivity index (χ1) is 10.5. The lowest BCUT2D eigenvalue weighted by atomic mass is 10.1. The molecule has 0 spiro atoms. The molecule has 2 N–H and O–H groups in total. The Morgan fingerprint density at radius 3 is 2.82 bits per heavy atom. The van der Waals surface area contributed by atoms with Gasteiger partial charge in [0, 0.05) is 17.7 Å². The molecule has 0 atom stereocenters. The first-order valence-corrected chi connectivity index (χ1v) is 6.97. The van der Waals surface area contributed by atoms with Crippen molar-refractivity contribution in [1.82, 2.24) is 0 Å². The molecule has 0 aliphatic carbocycles. The van der Waals surface area contributed by atoms with Crippen LogP contribution in [-0.4, -0.2) is 16.0 Å². The summed E-state index contributed by atoms with van der Waals surface area (Å²) in [5, 5.41) is 10.4. The van der Waals surface area contributed by atoms with Crippen molar-refractivity contribution in [2.75, 3.05) is 0 Å². The molecule has 0 radical (unpaired) electrons. The van der Waals surface area contributed by atoms with Crippen LogP contribution in [0.1, 0.15) is 5.76 Å². The summed E-state index contributed by atoms with van der Waals surface area (Å²) in [6.07, 6.45) is 1.61. The van der Waals surface area contributed by atoms with Crippen molar-refractivity contribution >= 4 is 34.6 Å². The van der Waals surface area contributed by atoms with Crippen molar-refractivity contribution in [3.8, 4) is 11.3 Å². The van der Waals surface area contributed by atoms with E-state index in [1.807, 2.05) is 0 Å². The minimum absolute atomic E-state index is 0.0119. The lowest BCUT2D eigenvalue weighted by Crippen LogP contribution is -2.08. The molecule has 1 aliphatic heterocycles. The van der Waals surface area contributed by atoms with E-state index in [2.05, 4.69) is 4.99 Å². The van der Waals surface area contributed by atoms with Crippen molar-refractivity contribution < 1.29 is 14.1 Å². The van der Waals surface area contributed by atoms with Crippen LogP contribution in [0.3, 0.4) is 0 Å². The molecule has 0 fully saturated rings. The van der Waals surface area contributed by atoms with Crippen LogP contribution in [0.5, 0.6) is 0 Å². The fraction of sp³-hybridized carbons (Fsp3) is 0. The molecule has 3 rings (SSSR count). The number of rotatable bonds is 3. The number of furan rings is 1. The Hall–Kier alpha value is -2.87. The zero-order valence-corrected chi connectivity index (χ0v) is 11.9. The number of nitro benzene ring substituents is 1. The van der Waals surface area contributed by atoms with Gasteiger partial charge in [-0.05, 0) is 30.0 Å². The summed E-state index contributed by atoms with van der Waals surface area (Å²) in [4.78, 5) is 25.6. The number of nitrogens with zero attached hydrogens (tertiary/aromatic N) is 2. The fourth-order valence-electron chi connectivity index (χ4n) is 1.91. The Labute approximate surface area is 128 Å². The highest BCUT2D eigenvalue weighted by atomic mass is 32.2. The molecule has 0 saturated heterocycles. The van der Waals surface area contributed by atoms with E-state index in [9.17, 15) is 14.9 Å². The van der Waals surface area contributed by atoms with Crippen LogP contribution in [0.25, 0.3) is 17.4 Å². The van der Waals surface area contributed by atoms with Gasteiger partial charge in [0.2, 0.25) is 0 Å². The molecule has 1 aromatic heterocycles. The Kier molecular flexibility index (Phi) is 3.51. The second kappa shape index (κ2) is 5.49. The first-order valence-electron chi connectivity index (χ1n) is 6.15. The smallest absolute Gasteiger partial charge is 0.311 e. The molecule has 1 aromatic carbocycles. The first kappa shape index (κ1) is 14.1. The van der Waals surface area contributed by atoms with Gasteiger partial charge < -0.3 is 10.2 Å². The van der Waals surface area contributed by atoms with Gasteiger partial charge in [0.25, 0.3) is 5.69 Å². The topological polar surface area (TPSA) is 112 Å². The summed E-state index contributed by atoms with van der Waals surface area (Å²) in [7, 11) is 0. The molecule has 1 amide bonds. The van der Waals surface area contributed by atoms with Crippen LogP contribution in [0.2, 0.25) is 0 Å². The zero-order chi connectivity index (χ0) is 15.7. The van der Waals surface area contributed by atoms with E-state index in [1.165, 1.54) is 12.1 Å². The van der Waals surface area contributed by atoms with Gasteiger partial charge in [-0.1, -0.05) is 12.1 Å². The minimum atomic E-state index is -0.465. The maximum Gasteiger partial charge on any atom is 0.311 e. The average molecular weight is 315 g/mol.